The molecule has 200 valence electrons. The summed E-state index contributed by atoms with van der Waals surface area (Å²) in [6, 6.07) is 14.3. The van der Waals surface area contributed by atoms with Crippen molar-refractivity contribution in [1.82, 2.24) is 19.8 Å². The van der Waals surface area contributed by atoms with E-state index in [2.05, 4.69) is 31.9 Å². The summed E-state index contributed by atoms with van der Waals surface area (Å²) < 4.78 is 44.6. The molecule has 0 aliphatic carbocycles. The van der Waals surface area contributed by atoms with Crippen LogP contribution in [0.25, 0.3) is 0 Å². The first-order valence-corrected chi connectivity index (χ1v) is 12.8. The van der Waals surface area contributed by atoms with Crippen LogP contribution in [0.5, 0.6) is 5.75 Å². The number of piperidine rings is 1. The van der Waals surface area contributed by atoms with Gasteiger partial charge in [0.25, 0.3) is 5.91 Å². The van der Waals surface area contributed by atoms with Crippen LogP contribution in [-0.2, 0) is 12.7 Å². The largest absolute Gasteiger partial charge is 0.490 e. The highest BCUT2D eigenvalue weighted by atomic mass is 19.4. The number of anilines is 1. The van der Waals surface area contributed by atoms with E-state index in [4.69, 9.17) is 4.74 Å². The van der Waals surface area contributed by atoms with E-state index in [-0.39, 0.29) is 17.6 Å². The fraction of sp³-hybridized carbons (Fsp3) is 0.393. The Bertz CT molecular complexity index is 1210. The van der Waals surface area contributed by atoms with Gasteiger partial charge in [-0.25, -0.2) is 9.97 Å². The molecule has 0 unspecified atom stereocenters. The number of rotatable bonds is 6. The number of hydrogen-bond donors (Lipinski definition) is 0. The quantitative estimate of drug-likeness (QED) is 0.472. The topological polar surface area (TPSA) is 61.8 Å². The number of likely N-dealkylation sites (tertiary alicyclic amines) is 1. The Hall–Kier alpha value is -3.66. The number of halogens is 3. The third kappa shape index (κ3) is 6.42. The summed E-state index contributed by atoms with van der Waals surface area (Å²) in [5, 5.41) is 0. The number of carbonyl (C=O) groups is 1. The van der Waals surface area contributed by atoms with E-state index in [0.717, 1.165) is 56.6 Å². The summed E-state index contributed by atoms with van der Waals surface area (Å²) in [5.41, 5.74) is 0.691. The molecule has 0 radical (unpaired) electrons. The second kappa shape index (κ2) is 11.4. The second-order valence-electron chi connectivity index (χ2n) is 9.64. The predicted octanol–water partition coefficient (Wildman–Crippen LogP) is 4.50. The number of aromatic nitrogens is 2. The van der Waals surface area contributed by atoms with Crippen LogP contribution in [0.2, 0.25) is 0 Å². The molecule has 0 saturated carbocycles. The zero-order valence-electron chi connectivity index (χ0n) is 21.0. The Balaban J connectivity index is 1.09. The smallest absolute Gasteiger partial charge is 0.416 e. The van der Waals surface area contributed by atoms with Gasteiger partial charge in [-0.3, -0.25) is 9.69 Å². The first-order valence-electron chi connectivity index (χ1n) is 12.8. The van der Waals surface area contributed by atoms with Crippen molar-refractivity contribution in [2.75, 3.05) is 44.2 Å². The number of carbonyl (C=O) groups excluding carboxylic acids is 1. The molecule has 10 heteroatoms. The maximum Gasteiger partial charge on any atom is 0.416 e. The molecule has 0 N–H and O–H groups in total. The van der Waals surface area contributed by atoms with Gasteiger partial charge < -0.3 is 14.5 Å². The van der Waals surface area contributed by atoms with Crippen LogP contribution in [-0.4, -0.2) is 71.0 Å². The van der Waals surface area contributed by atoms with Crippen molar-refractivity contribution in [1.29, 1.82) is 0 Å². The minimum atomic E-state index is -4.42. The zero-order valence-corrected chi connectivity index (χ0v) is 21.0. The van der Waals surface area contributed by atoms with Gasteiger partial charge in [-0.2, -0.15) is 13.2 Å². The minimum absolute atomic E-state index is 0.0173. The number of hydrogen-bond acceptors (Lipinski definition) is 6. The number of nitrogens with zero attached hydrogens (tertiary/aromatic N) is 5. The normalized spacial score (nSPS) is 17.4. The maximum absolute atomic E-state index is 12.8. The average molecular weight is 526 g/mol. The Kier molecular flexibility index (Phi) is 7.78. The molecule has 2 aliphatic heterocycles. The first-order chi connectivity index (χ1) is 18.3. The second-order valence-corrected chi connectivity index (χ2v) is 9.64. The SMILES string of the molecule is O=C(c1ccc(C(F)(F)F)cc1)N1CCC(Oc2cccc(CN3CCN(c4ncccn4)CC3)c2)CC1. The number of amides is 1. The lowest BCUT2D eigenvalue weighted by atomic mass is 10.1. The molecule has 1 aromatic heterocycles. The van der Waals surface area contributed by atoms with Crippen LogP contribution in [0.1, 0.15) is 34.3 Å². The van der Waals surface area contributed by atoms with Crippen molar-refractivity contribution < 1.29 is 22.7 Å². The van der Waals surface area contributed by atoms with E-state index in [1.807, 2.05) is 18.2 Å². The number of piperazine rings is 1. The van der Waals surface area contributed by atoms with Gasteiger partial charge in [0.15, 0.2) is 0 Å². The lowest BCUT2D eigenvalue weighted by Crippen LogP contribution is -2.46. The minimum Gasteiger partial charge on any atom is -0.490 e. The fourth-order valence-corrected chi connectivity index (χ4v) is 4.89. The lowest BCUT2D eigenvalue weighted by molar-refractivity contribution is -0.137. The highest BCUT2D eigenvalue weighted by molar-refractivity contribution is 5.94. The number of alkyl halides is 3. The molecule has 0 spiro atoms. The van der Waals surface area contributed by atoms with Gasteiger partial charge in [-0.15, -0.1) is 0 Å². The lowest BCUT2D eigenvalue weighted by Gasteiger charge is -2.34. The Morgan fingerprint density at radius 3 is 2.24 bits per heavy atom. The Morgan fingerprint density at radius 1 is 0.895 bits per heavy atom. The third-order valence-corrected chi connectivity index (χ3v) is 7.00. The fourth-order valence-electron chi connectivity index (χ4n) is 4.89. The molecule has 2 aliphatic rings. The monoisotopic (exact) mass is 525 g/mol. The van der Waals surface area contributed by atoms with Crippen LogP contribution >= 0.6 is 0 Å². The van der Waals surface area contributed by atoms with Gasteiger partial charge in [0, 0.05) is 76.6 Å². The predicted molar refractivity (Wildman–Crippen MR) is 137 cm³/mol. The van der Waals surface area contributed by atoms with Gasteiger partial charge in [0.2, 0.25) is 5.95 Å². The maximum atomic E-state index is 12.8. The molecule has 1 amide bonds. The van der Waals surface area contributed by atoms with Gasteiger partial charge >= 0.3 is 6.18 Å². The van der Waals surface area contributed by atoms with Crippen LogP contribution in [0.15, 0.2) is 67.0 Å². The molecule has 38 heavy (non-hydrogen) atoms. The standard InChI is InChI=1S/C28H30F3N5O2/c29-28(30,31)23-7-5-22(6-8-23)26(37)35-13-9-24(10-14-35)38-25-4-1-3-21(19-25)20-34-15-17-36(18-16-34)27-32-11-2-12-33-27/h1-8,11-12,19,24H,9-10,13-18,20H2. The van der Waals surface area contributed by atoms with Crippen molar-refractivity contribution in [3.8, 4) is 5.75 Å². The zero-order chi connectivity index (χ0) is 26.5. The van der Waals surface area contributed by atoms with E-state index in [9.17, 15) is 18.0 Å². The summed E-state index contributed by atoms with van der Waals surface area (Å²) >= 11 is 0. The highest BCUT2D eigenvalue weighted by Crippen LogP contribution is 2.29. The molecule has 5 rings (SSSR count). The van der Waals surface area contributed by atoms with Crippen molar-refractivity contribution in [2.24, 2.45) is 0 Å². The van der Waals surface area contributed by atoms with E-state index in [0.29, 0.717) is 25.9 Å². The van der Waals surface area contributed by atoms with Crippen molar-refractivity contribution in [2.45, 2.75) is 31.7 Å². The molecule has 7 nitrogen and oxygen atoms in total. The number of benzene rings is 2. The van der Waals surface area contributed by atoms with Crippen molar-refractivity contribution in [3.63, 3.8) is 0 Å². The average Bonchev–Trinajstić information content (AvgIpc) is 2.94. The molecule has 0 atom stereocenters. The van der Waals surface area contributed by atoms with Crippen LogP contribution < -0.4 is 9.64 Å². The van der Waals surface area contributed by atoms with Crippen LogP contribution in [0.3, 0.4) is 0 Å². The molecule has 2 aromatic carbocycles. The Morgan fingerprint density at radius 2 is 1.58 bits per heavy atom. The summed E-state index contributed by atoms with van der Waals surface area (Å²) in [5.74, 6) is 1.33. The van der Waals surface area contributed by atoms with Crippen LogP contribution in [0, 0.1) is 0 Å². The van der Waals surface area contributed by atoms with E-state index in [1.54, 1.807) is 17.3 Å². The number of ether oxygens (including phenoxy) is 1. The van der Waals surface area contributed by atoms with Gasteiger partial charge in [-0.1, -0.05) is 12.1 Å². The summed E-state index contributed by atoms with van der Waals surface area (Å²) in [6.45, 7) is 5.44. The van der Waals surface area contributed by atoms with Gasteiger partial charge in [0.05, 0.1) is 5.56 Å². The molecular weight excluding hydrogens is 495 g/mol. The van der Waals surface area contributed by atoms with E-state index < -0.39 is 11.7 Å². The molecule has 2 fully saturated rings. The third-order valence-electron chi connectivity index (χ3n) is 7.00. The molecular formula is C28H30F3N5O2. The highest BCUT2D eigenvalue weighted by Gasteiger charge is 2.31. The Labute approximate surface area is 219 Å². The summed E-state index contributed by atoms with van der Waals surface area (Å²) in [4.78, 5) is 27.7. The molecule has 2 saturated heterocycles. The van der Waals surface area contributed by atoms with Gasteiger partial charge in [-0.05, 0) is 48.0 Å². The van der Waals surface area contributed by atoms with Crippen LogP contribution in [0.4, 0.5) is 19.1 Å². The van der Waals surface area contributed by atoms with E-state index >= 15 is 0 Å². The molecule has 3 aromatic rings. The summed E-state index contributed by atoms with van der Waals surface area (Å²) in [7, 11) is 0. The van der Waals surface area contributed by atoms with Crippen molar-refractivity contribution in [3.05, 3.63) is 83.7 Å². The first kappa shape index (κ1) is 26.0. The molecule has 0 bridgehead atoms. The molecule has 3 heterocycles. The van der Waals surface area contributed by atoms with E-state index in [1.165, 1.54) is 17.7 Å². The van der Waals surface area contributed by atoms with Gasteiger partial charge in [0.1, 0.15) is 11.9 Å². The van der Waals surface area contributed by atoms with Crippen molar-refractivity contribution >= 4 is 11.9 Å². The summed E-state index contributed by atoms with van der Waals surface area (Å²) in [6.07, 6.45) is 0.431.